The van der Waals surface area contributed by atoms with E-state index in [1.807, 2.05) is 36.9 Å². The molecule has 200 valence electrons. The lowest BCUT2D eigenvalue weighted by Gasteiger charge is -2.36. The minimum absolute atomic E-state index is 0.0156. The van der Waals surface area contributed by atoms with E-state index in [-0.39, 0.29) is 11.8 Å². The van der Waals surface area contributed by atoms with Gasteiger partial charge in [0.25, 0.3) is 5.91 Å². The lowest BCUT2D eigenvalue weighted by atomic mass is 9.90. The number of piperazine rings is 1. The number of nitrogens with zero attached hydrogens (tertiary/aromatic N) is 2. The van der Waals surface area contributed by atoms with E-state index >= 15 is 0 Å². The molecule has 0 bridgehead atoms. The third kappa shape index (κ3) is 7.13. The second kappa shape index (κ2) is 12.1. The first kappa shape index (κ1) is 27.2. The Bertz CT molecular complexity index is 1060. The van der Waals surface area contributed by atoms with Crippen molar-refractivity contribution in [1.29, 1.82) is 0 Å². The van der Waals surface area contributed by atoms with Gasteiger partial charge in [0.1, 0.15) is 11.5 Å². The lowest BCUT2D eigenvalue weighted by molar-refractivity contribution is -0.146. The molecule has 2 aromatic rings. The normalized spacial score (nSPS) is 18.7. The summed E-state index contributed by atoms with van der Waals surface area (Å²) in [5, 5.41) is 3.28. The molecule has 2 aliphatic rings. The molecule has 2 aromatic carbocycles. The van der Waals surface area contributed by atoms with Gasteiger partial charge >= 0.3 is 0 Å². The number of piperidine rings is 1. The first-order chi connectivity index (χ1) is 17.7. The second-order valence-corrected chi connectivity index (χ2v) is 11.3. The van der Waals surface area contributed by atoms with E-state index in [0.717, 1.165) is 51.1 Å². The summed E-state index contributed by atoms with van der Waals surface area (Å²) in [7, 11) is 0. The summed E-state index contributed by atoms with van der Waals surface area (Å²) in [6.07, 6.45) is 3.33. The van der Waals surface area contributed by atoms with Crippen LogP contribution in [-0.4, -0.2) is 61.5 Å². The zero-order valence-electron chi connectivity index (χ0n) is 23.0. The van der Waals surface area contributed by atoms with Gasteiger partial charge in [-0.3, -0.25) is 9.59 Å². The van der Waals surface area contributed by atoms with Crippen LogP contribution in [0.15, 0.2) is 48.5 Å². The number of aryl methyl sites for hydroxylation is 1. The Balaban J connectivity index is 1.34. The van der Waals surface area contributed by atoms with Gasteiger partial charge in [0.15, 0.2) is 5.60 Å². The molecule has 6 nitrogen and oxygen atoms in total. The minimum atomic E-state index is -0.941. The van der Waals surface area contributed by atoms with Crippen LogP contribution in [-0.2, 0) is 16.0 Å². The standard InChI is InChI=1S/C31H43N3O3/c1-23(2)25-13-10-24(11-14-25)12-15-29(35)26-7-6-18-34(22-26)27-8-5-9-28(21-27)37-31(3,4)30(36)33-19-16-32-17-20-33/h5,8-11,13-14,21,23,26,32H,6-7,12,15-20,22H2,1-4H3. The maximum Gasteiger partial charge on any atom is 0.266 e. The van der Waals surface area contributed by atoms with Gasteiger partial charge in [0.05, 0.1) is 0 Å². The fraction of sp³-hybridized carbons (Fsp3) is 0.548. The SMILES string of the molecule is CC(C)c1ccc(CCC(=O)C2CCCN(c3cccc(OC(C)(C)C(=O)N4CCNCC4)c3)C2)cc1. The average molecular weight is 506 g/mol. The summed E-state index contributed by atoms with van der Waals surface area (Å²) < 4.78 is 6.23. The van der Waals surface area contributed by atoms with Gasteiger partial charge < -0.3 is 19.9 Å². The van der Waals surface area contributed by atoms with Crippen LogP contribution in [0.3, 0.4) is 0 Å². The van der Waals surface area contributed by atoms with Crippen molar-refractivity contribution in [3.8, 4) is 5.75 Å². The molecular formula is C31H43N3O3. The number of hydrogen-bond donors (Lipinski definition) is 1. The fourth-order valence-electron chi connectivity index (χ4n) is 5.35. The van der Waals surface area contributed by atoms with Crippen molar-refractivity contribution in [3.05, 3.63) is 59.7 Å². The van der Waals surface area contributed by atoms with Crippen LogP contribution in [0, 0.1) is 5.92 Å². The van der Waals surface area contributed by atoms with Crippen LogP contribution < -0.4 is 15.0 Å². The molecule has 0 saturated carbocycles. The quantitative estimate of drug-likeness (QED) is 0.530. The van der Waals surface area contributed by atoms with Gasteiger partial charge in [-0.05, 0) is 62.3 Å². The number of hydrogen-bond acceptors (Lipinski definition) is 5. The van der Waals surface area contributed by atoms with Crippen LogP contribution in [0.1, 0.15) is 64.0 Å². The number of anilines is 1. The third-order valence-electron chi connectivity index (χ3n) is 7.66. The molecule has 0 aliphatic carbocycles. The Hall–Kier alpha value is -2.86. The second-order valence-electron chi connectivity index (χ2n) is 11.3. The van der Waals surface area contributed by atoms with E-state index in [1.165, 1.54) is 11.1 Å². The number of ether oxygens (including phenoxy) is 1. The van der Waals surface area contributed by atoms with Crippen LogP contribution in [0.5, 0.6) is 5.75 Å². The number of nitrogens with one attached hydrogen (secondary N) is 1. The first-order valence-electron chi connectivity index (χ1n) is 13.9. The van der Waals surface area contributed by atoms with Crippen LogP contribution in [0.2, 0.25) is 0 Å². The predicted molar refractivity (Wildman–Crippen MR) is 149 cm³/mol. The van der Waals surface area contributed by atoms with Crippen molar-refractivity contribution in [2.24, 2.45) is 5.92 Å². The topological polar surface area (TPSA) is 61.9 Å². The molecule has 2 heterocycles. The monoisotopic (exact) mass is 505 g/mol. The average Bonchev–Trinajstić information content (AvgIpc) is 2.92. The van der Waals surface area contributed by atoms with Crippen molar-refractivity contribution >= 4 is 17.4 Å². The number of carbonyl (C=O) groups excluding carboxylic acids is 2. The molecule has 1 amide bonds. The van der Waals surface area contributed by atoms with Crippen molar-refractivity contribution in [2.75, 3.05) is 44.2 Å². The Labute approximate surface area is 222 Å². The summed E-state index contributed by atoms with van der Waals surface area (Å²) in [4.78, 5) is 30.3. The molecule has 6 heteroatoms. The number of Topliss-reactive ketones (excluding diaryl/α,β-unsaturated/α-hetero) is 1. The molecule has 0 radical (unpaired) electrons. The maximum absolute atomic E-state index is 13.1. The highest BCUT2D eigenvalue weighted by Gasteiger charge is 2.35. The molecule has 1 unspecified atom stereocenters. The van der Waals surface area contributed by atoms with Gasteiger partial charge in [0.2, 0.25) is 0 Å². The zero-order valence-corrected chi connectivity index (χ0v) is 23.0. The van der Waals surface area contributed by atoms with E-state index in [1.54, 1.807) is 0 Å². The van der Waals surface area contributed by atoms with E-state index in [4.69, 9.17) is 4.74 Å². The lowest BCUT2D eigenvalue weighted by Crippen LogP contribution is -2.54. The Morgan fingerprint density at radius 3 is 2.49 bits per heavy atom. The zero-order chi connectivity index (χ0) is 26.4. The maximum atomic E-state index is 13.1. The predicted octanol–water partition coefficient (Wildman–Crippen LogP) is 4.82. The number of amides is 1. The highest BCUT2D eigenvalue weighted by Crippen LogP contribution is 2.29. The summed E-state index contributed by atoms with van der Waals surface area (Å²) in [6.45, 7) is 12.8. The molecule has 4 rings (SSSR count). The molecule has 2 aliphatic heterocycles. The molecule has 2 fully saturated rings. The summed E-state index contributed by atoms with van der Waals surface area (Å²) in [5.74, 6) is 1.63. The summed E-state index contributed by atoms with van der Waals surface area (Å²) >= 11 is 0. The van der Waals surface area contributed by atoms with Crippen LogP contribution in [0.4, 0.5) is 5.69 Å². The third-order valence-corrected chi connectivity index (χ3v) is 7.66. The summed E-state index contributed by atoms with van der Waals surface area (Å²) in [6, 6.07) is 16.7. The van der Waals surface area contributed by atoms with Gasteiger partial charge in [-0.2, -0.15) is 0 Å². The van der Waals surface area contributed by atoms with E-state index < -0.39 is 5.60 Å². The van der Waals surface area contributed by atoms with Crippen molar-refractivity contribution in [3.63, 3.8) is 0 Å². The Morgan fingerprint density at radius 1 is 1.05 bits per heavy atom. The van der Waals surface area contributed by atoms with Crippen molar-refractivity contribution in [1.82, 2.24) is 10.2 Å². The Kier molecular flexibility index (Phi) is 8.91. The molecule has 2 saturated heterocycles. The van der Waals surface area contributed by atoms with Gasteiger partial charge in [-0.15, -0.1) is 0 Å². The van der Waals surface area contributed by atoms with Gasteiger partial charge in [0, 0.05) is 63.4 Å². The number of ketones is 1. The van der Waals surface area contributed by atoms with E-state index in [0.29, 0.717) is 37.0 Å². The molecular weight excluding hydrogens is 462 g/mol. The largest absolute Gasteiger partial charge is 0.478 e. The first-order valence-corrected chi connectivity index (χ1v) is 13.9. The van der Waals surface area contributed by atoms with Crippen molar-refractivity contribution in [2.45, 2.75) is 64.9 Å². The minimum Gasteiger partial charge on any atom is -0.478 e. The molecule has 1 atom stereocenters. The molecule has 1 N–H and O–H groups in total. The number of rotatable bonds is 9. The van der Waals surface area contributed by atoms with E-state index in [2.05, 4.69) is 54.4 Å². The highest BCUT2D eigenvalue weighted by atomic mass is 16.5. The van der Waals surface area contributed by atoms with E-state index in [9.17, 15) is 9.59 Å². The molecule has 37 heavy (non-hydrogen) atoms. The van der Waals surface area contributed by atoms with Gasteiger partial charge in [-0.1, -0.05) is 44.2 Å². The van der Waals surface area contributed by atoms with Gasteiger partial charge in [-0.25, -0.2) is 0 Å². The fourth-order valence-corrected chi connectivity index (χ4v) is 5.35. The molecule has 0 aromatic heterocycles. The van der Waals surface area contributed by atoms with Crippen LogP contribution >= 0.6 is 0 Å². The van der Waals surface area contributed by atoms with Crippen molar-refractivity contribution < 1.29 is 14.3 Å². The highest BCUT2D eigenvalue weighted by molar-refractivity contribution is 5.85. The molecule has 0 spiro atoms. The van der Waals surface area contributed by atoms with Crippen LogP contribution in [0.25, 0.3) is 0 Å². The number of carbonyl (C=O) groups is 2. The smallest absolute Gasteiger partial charge is 0.266 e. The number of benzene rings is 2. The summed E-state index contributed by atoms with van der Waals surface area (Å²) in [5.41, 5.74) is 2.67. The Morgan fingerprint density at radius 2 is 1.78 bits per heavy atom.